The van der Waals surface area contributed by atoms with Crippen LogP contribution in [-0.2, 0) is 11.3 Å². The number of hydrogen-bond acceptors (Lipinski definition) is 3. The first-order chi connectivity index (χ1) is 13.6. The molecule has 0 atom stereocenters. The van der Waals surface area contributed by atoms with Gasteiger partial charge in [0.1, 0.15) is 6.54 Å². The fourth-order valence-corrected chi connectivity index (χ4v) is 3.32. The minimum absolute atomic E-state index is 0.0801. The molecule has 138 valence electrons. The molecule has 0 saturated heterocycles. The summed E-state index contributed by atoms with van der Waals surface area (Å²) in [5.41, 5.74) is 10.1. The average molecular weight is 370 g/mol. The van der Waals surface area contributed by atoms with Gasteiger partial charge in [-0.3, -0.25) is 9.59 Å². The molecule has 2 amide bonds. The zero-order valence-corrected chi connectivity index (χ0v) is 15.0. The van der Waals surface area contributed by atoms with E-state index in [4.69, 9.17) is 5.73 Å². The zero-order valence-electron chi connectivity index (χ0n) is 15.0. The molecule has 0 fully saturated rings. The van der Waals surface area contributed by atoms with Gasteiger partial charge in [0.2, 0.25) is 5.91 Å². The molecular formula is C22H18N4O2. The van der Waals surface area contributed by atoms with Gasteiger partial charge >= 0.3 is 0 Å². The van der Waals surface area contributed by atoms with Crippen molar-refractivity contribution in [3.8, 4) is 0 Å². The molecule has 6 nitrogen and oxygen atoms in total. The van der Waals surface area contributed by atoms with Crippen LogP contribution in [0.1, 0.15) is 15.9 Å². The van der Waals surface area contributed by atoms with Gasteiger partial charge in [-0.25, -0.2) is 5.43 Å². The quantitative estimate of drug-likeness (QED) is 0.418. The highest BCUT2D eigenvalue weighted by Gasteiger charge is 2.10. The third-order valence-corrected chi connectivity index (χ3v) is 4.55. The van der Waals surface area contributed by atoms with Gasteiger partial charge in [-0.15, -0.1) is 0 Å². The Labute approximate surface area is 161 Å². The van der Waals surface area contributed by atoms with Gasteiger partial charge in [-0.05, 0) is 22.9 Å². The largest absolute Gasteiger partial charge is 0.368 e. The molecule has 1 aromatic heterocycles. The number of para-hydroxylation sites is 1. The summed E-state index contributed by atoms with van der Waals surface area (Å²) in [6.45, 7) is 0.0801. The van der Waals surface area contributed by atoms with Crippen LogP contribution in [-0.4, -0.2) is 22.6 Å². The van der Waals surface area contributed by atoms with E-state index in [0.29, 0.717) is 5.56 Å². The third-order valence-electron chi connectivity index (χ3n) is 4.55. The molecule has 1 heterocycles. The van der Waals surface area contributed by atoms with Crippen LogP contribution in [0.15, 0.2) is 78.0 Å². The number of carbonyl (C=O) groups is 2. The summed E-state index contributed by atoms with van der Waals surface area (Å²) in [6, 6.07) is 20.9. The van der Waals surface area contributed by atoms with E-state index in [-0.39, 0.29) is 12.5 Å². The maximum atomic E-state index is 12.6. The minimum atomic E-state index is -0.423. The highest BCUT2D eigenvalue weighted by atomic mass is 16.2. The molecule has 0 bridgehead atoms. The summed E-state index contributed by atoms with van der Waals surface area (Å²) in [5, 5.41) is 6.90. The molecule has 28 heavy (non-hydrogen) atoms. The standard InChI is InChI=1S/C22H18N4O2/c23-21(27)14-26-13-16(18-9-3-4-11-20(18)26)12-24-25-22(28)19-10-5-7-15-6-1-2-8-17(15)19/h1-13H,14H2,(H2,23,27)(H,25,28)/b24-12-. The van der Waals surface area contributed by atoms with Crippen LogP contribution >= 0.6 is 0 Å². The lowest BCUT2D eigenvalue weighted by Gasteiger charge is -2.04. The molecule has 4 aromatic rings. The normalized spacial score (nSPS) is 11.3. The number of benzene rings is 3. The Balaban J connectivity index is 1.60. The van der Waals surface area contributed by atoms with Crippen LogP contribution in [0, 0.1) is 0 Å². The van der Waals surface area contributed by atoms with Crippen molar-refractivity contribution in [2.24, 2.45) is 10.8 Å². The Hall–Kier alpha value is -3.93. The van der Waals surface area contributed by atoms with E-state index in [1.807, 2.05) is 60.7 Å². The fourth-order valence-electron chi connectivity index (χ4n) is 3.32. The minimum Gasteiger partial charge on any atom is -0.368 e. The monoisotopic (exact) mass is 370 g/mol. The molecule has 0 saturated carbocycles. The predicted octanol–water partition coefficient (Wildman–Crippen LogP) is 3.04. The third kappa shape index (κ3) is 3.35. The summed E-state index contributed by atoms with van der Waals surface area (Å²) in [5.74, 6) is -0.706. The Morgan fingerprint density at radius 2 is 1.68 bits per heavy atom. The number of nitrogens with two attached hydrogens (primary N) is 1. The van der Waals surface area contributed by atoms with E-state index >= 15 is 0 Å². The molecule has 0 aliphatic rings. The molecule has 3 aromatic carbocycles. The van der Waals surface area contributed by atoms with Crippen molar-refractivity contribution in [2.45, 2.75) is 6.54 Å². The van der Waals surface area contributed by atoms with Crippen LogP contribution in [0.2, 0.25) is 0 Å². The summed E-state index contributed by atoms with van der Waals surface area (Å²) in [7, 11) is 0. The second kappa shape index (κ2) is 7.36. The first-order valence-electron chi connectivity index (χ1n) is 8.81. The molecule has 0 radical (unpaired) electrons. The molecule has 0 aliphatic heterocycles. The van der Waals surface area contributed by atoms with Gasteiger partial charge in [0.05, 0.1) is 6.21 Å². The first kappa shape index (κ1) is 17.5. The number of amides is 2. The molecule has 0 spiro atoms. The van der Waals surface area contributed by atoms with Crippen molar-refractivity contribution in [1.82, 2.24) is 9.99 Å². The highest BCUT2D eigenvalue weighted by Crippen LogP contribution is 2.20. The van der Waals surface area contributed by atoms with Crippen LogP contribution in [0.25, 0.3) is 21.7 Å². The van der Waals surface area contributed by atoms with Gasteiger partial charge in [0.15, 0.2) is 0 Å². The maximum Gasteiger partial charge on any atom is 0.271 e. The molecule has 6 heteroatoms. The van der Waals surface area contributed by atoms with Crippen molar-refractivity contribution in [1.29, 1.82) is 0 Å². The number of hydrazone groups is 1. The van der Waals surface area contributed by atoms with Crippen molar-refractivity contribution >= 4 is 39.7 Å². The summed E-state index contributed by atoms with van der Waals surface area (Å²) in [6.07, 6.45) is 3.37. The smallest absolute Gasteiger partial charge is 0.271 e. The fraction of sp³-hybridized carbons (Fsp3) is 0.0455. The van der Waals surface area contributed by atoms with Crippen LogP contribution in [0.4, 0.5) is 0 Å². The summed E-state index contributed by atoms with van der Waals surface area (Å²) in [4.78, 5) is 23.9. The van der Waals surface area contributed by atoms with Gasteiger partial charge in [-0.1, -0.05) is 54.6 Å². The van der Waals surface area contributed by atoms with Crippen molar-refractivity contribution in [2.75, 3.05) is 0 Å². The predicted molar refractivity (Wildman–Crippen MR) is 110 cm³/mol. The molecule has 4 rings (SSSR count). The van der Waals surface area contributed by atoms with Gasteiger partial charge < -0.3 is 10.3 Å². The molecular weight excluding hydrogens is 352 g/mol. The number of carbonyl (C=O) groups excluding carboxylic acids is 2. The Bertz CT molecular complexity index is 1220. The van der Waals surface area contributed by atoms with E-state index in [1.54, 1.807) is 23.0 Å². The van der Waals surface area contributed by atoms with Crippen LogP contribution in [0.5, 0.6) is 0 Å². The SMILES string of the molecule is NC(=O)Cn1cc(/C=N\NC(=O)c2cccc3ccccc23)c2ccccc21. The Kier molecular flexibility index (Phi) is 4.60. The number of primary amides is 1. The van der Waals surface area contributed by atoms with Gasteiger partial charge in [-0.2, -0.15) is 5.10 Å². The number of aromatic nitrogens is 1. The van der Waals surface area contributed by atoms with E-state index in [9.17, 15) is 9.59 Å². The number of nitrogens with zero attached hydrogens (tertiary/aromatic N) is 2. The highest BCUT2D eigenvalue weighted by molar-refractivity contribution is 6.07. The lowest BCUT2D eigenvalue weighted by atomic mass is 10.0. The summed E-state index contributed by atoms with van der Waals surface area (Å²) >= 11 is 0. The van der Waals surface area contributed by atoms with Gasteiger partial charge in [0.25, 0.3) is 5.91 Å². The van der Waals surface area contributed by atoms with Crippen molar-refractivity contribution < 1.29 is 9.59 Å². The zero-order chi connectivity index (χ0) is 19.5. The van der Waals surface area contributed by atoms with E-state index in [0.717, 1.165) is 27.2 Å². The number of rotatable bonds is 5. The topological polar surface area (TPSA) is 89.5 Å². The molecule has 0 aliphatic carbocycles. The van der Waals surface area contributed by atoms with E-state index < -0.39 is 5.91 Å². The van der Waals surface area contributed by atoms with Gasteiger partial charge in [0, 0.05) is 28.2 Å². The lowest BCUT2D eigenvalue weighted by Crippen LogP contribution is -2.18. The van der Waals surface area contributed by atoms with E-state index in [2.05, 4.69) is 10.5 Å². The second-order valence-corrected chi connectivity index (χ2v) is 6.42. The average Bonchev–Trinajstić information content (AvgIpc) is 3.04. The first-order valence-corrected chi connectivity index (χ1v) is 8.81. The van der Waals surface area contributed by atoms with Crippen molar-refractivity contribution in [3.63, 3.8) is 0 Å². The second-order valence-electron chi connectivity index (χ2n) is 6.42. The van der Waals surface area contributed by atoms with E-state index in [1.165, 1.54) is 0 Å². The summed E-state index contributed by atoms with van der Waals surface area (Å²) < 4.78 is 1.77. The van der Waals surface area contributed by atoms with Crippen molar-refractivity contribution in [3.05, 3.63) is 84.1 Å². The molecule has 3 N–H and O–H groups in total. The molecule has 0 unspecified atom stereocenters. The lowest BCUT2D eigenvalue weighted by molar-refractivity contribution is -0.118. The Morgan fingerprint density at radius 3 is 2.50 bits per heavy atom. The van der Waals surface area contributed by atoms with Crippen LogP contribution < -0.4 is 11.2 Å². The maximum absolute atomic E-state index is 12.6. The Morgan fingerprint density at radius 1 is 0.964 bits per heavy atom. The number of hydrogen-bond donors (Lipinski definition) is 2. The number of nitrogens with one attached hydrogen (secondary N) is 1. The van der Waals surface area contributed by atoms with Crippen LogP contribution in [0.3, 0.4) is 0 Å². The number of fused-ring (bicyclic) bond motifs is 2.